The Labute approximate surface area is 145 Å². The Hall–Kier alpha value is -3.09. The zero-order chi connectivity index (χ0) is 18.0. The average molecular weight is 339 g/mol. The predicted molar refractivity (Wildman–Crippen MR) is 94.6 cm³/mol. The third-order valence-corrected chi connectivity index (χ3v) is 4.06. The Morgan fingerprint density at radius 2 is 2.00 bits per heavy atom. The molecule has 1 amide bonds. The van der Waals surface area contributed by atoms with Crippen LogP contribution in [0.3, 0.4) is 0 Å². The molecule has 7 nitrogen and oxygen atoms in total. The van der Waals surface area contributed by atoms with E-state index in [-0.39, 0.29) is 24.2 Å². The van der Waals surface area contributed by atoms with E-state index in [2.05, 4.69) is 15.4 Å². The molecule has 0 spiro atoms. The van der Waals surface area contributed by atoms with Crippen LogP contribution < -0.4 is 11.0 Å². The molecule has 1 aromatic carbocycles. The van der Waals surface area contributed by atoms with Gasteiger partial charge in [-0.2, -0.15) is 5.10 Å². The molecule has 0 unspecified atom stereocenters. The molecule has 0 saturated carbocycles. The van der Waals surface area contributed by atoms with Crippen molar-refractivity contribution in [1.82, 2.24) is 24.6 Å². The summed E-state index contributed by atoms with van der Waals surface area (Å²) in [6.45, 7) is 5.91. The van der Waals surface area contributed by atoms with Crippen LogP contribution in [0.25, 0.3) is 5.69 Å². The number of amides is 1. The standard InChI is InChI=1S/C18H21N5O2/c1-12-8-20-22(10-12)11-17(24)21-14(3)15-4-6-16(7-5-15)23-13(2)9-19-18(23)25/h4-10,14H,11H2,1-3H3,(H,19,25)(H,21,24)/t14-/m1/s1. The first-order valence-electron chi connectivity index (χ1n) is 8.10. The highest BCUT2D eigenvalue weighted by Gasteiger charge is 2.11. The van der Waals surface area contributed by atoms with E-state index < -0.39 is 0 Å². The van der Waals surface area contributed by atoms with E-state index in [9.17, 15) is 9.59 Å². The third-order valence-electron chi connectivity index (χ3n) is 4.06. The Balaban J connectivity index is 1.67. The number of aromatic nitrogens is 4. The molecule has 2 N–H and O–H groups in total. The highest BCUT2D eigenvalue weighted by Crippen LogP contribution is 2.16. The van der Waals surface area contributed by atoms with Gasteiger partial charge in [-0.25, -0.2) is 4.79 Å². The number of hydrogen-bond acceptors (Lipinski definition) is 3. The van der Waals surface area contributed by atoms with Gasteiger partial charge in [0.25, 0.3) is 0 Å². The Bertz CT molecular complexity index is 933. The van der Waals surface area contributed by atoms with Gasteiger partial charge in [0.05, 0.1) is 17.9 Å². The van der Waals surface area contributed by atoms with Crippen molar-refractivity contribution in [2.45, 2.75) is 33.4 Å². The summed E-state index contributed by atoms with van der Waals surface area (Å²) in [6.07, 6.45) is 5.23. The molecule has 2 heterocycles. The highest BCUT2D eigenvalue weighted by atomic mass is 16.2. The van der Waals surface area contributed by atoms with E-state index in [1.807, 2.05) is 51.2 Å². The van der Waals surface area contributed by atoms with E-state index in [4.69, 9.17) is 0 Å². The Morgan fingerprint density at radius 1 is 1.28 bits per heavy atom. The molecule has 0 saturated heterocycles. The number of carbonyl (C=O) groups excluding carboxylic acids is 1. The van der Waals surface area contributed by atoms with Crippen molar-refractivity contribution >= 4 is 5.91 Å². The van der Waals surface area contributed by atoms with Gasteiger partial charge < -0.3 is 10.3 Å². The van der Waals surface area contributed by atoms with E-state index >= 15 is 0 Å². The first-order valence-corrected chi connectivity index (χ1v) is 8.10. The van der Waals surface area contributed by atoms with Gasteiger partial charge in [-0.1, -0.05) is 12.1 Å². The maximum atomic E-state index is 12.1. The van der Waals surface area contributed by atoms with E-state index in [0.29, 0.717) is 0 Å². The molecule has 3 rings (SSSR count). The molecule has 3 aromatic rings. The van der Waals surface area contributed by atoms with Crippen molar-refractivity contribution in [3.8, 4) is 5.69 Å². The maximum absolute atomic E-state index is 12.1. The molecular formula is C18H21N5O2. The van der Waals surface area contributed by atoms with E-state index in [0.717, 1.165) is 22.5 Å². The SMILES string of the molecule is Cc1cnn(CC(=O)N[C@H](C)c2ccc(-n3c(C)c[nH]c3=O)cc2)c1. The minimum atomic E-state index is -0.166. The lowest BCUT2D eigenvalue weighted by Crippen LogP contribution is -2.30. The van der Waals surface area contributed by atoms with Crippen molar-refractivity contribution in [3.05, 3.63) is 70.2 Å². The summed E-state index contributed by atoms with van der Waals surface area (Å²) >= 11 is 0. The van der Waals surface area contributed by atoms with Gasteiger partial charge in [-0.15, -0.1) is 0 Å². The third kappa shape index (κ3) is 3.71. The molecule has 7 heteroatoms. The maximum Gasteiger partial charge on any atom is 0.330 e. The number of hydrogen-bond donors (Lipinski definition) is 2. The molecule has 0 aliphatic carbocycles. The number of H-pyrrole nitrogens is 1. The molecule has 0 radical (unpaired) electrons. The Kier molecular flexibility index (Phi) is 4.56. The number of aryl methyl sites for hydroxylation is 2. The summed E-state index contributed by atoms with van der Waals surface area (Å²) in [5.41, 5.74) is 3.45. The molecule has 0 bridgehead atoms. The molecule has 0 fully saturated rings. The van der Waals surface area contributed by atoms with Crippen molar-refractivity contribution < 1.29 is 4.79 Å². The summed E-state index contributed by atoms with van der Waals surface area (Å²) in [5, 5.41) is 7.07. The van der Waals surface area contributed by atoms with Gasteiger partial charge >= 0.3 is 5.69 Å². The number of nitrogens with one attached hydrogen (secondary N) is 2. The van der Waals surface area contributed by atoms with Gasteiger partial charge in [0.1, 0.15) is 6.54 Å². The lowest BCUT2D eigenvalue weighted by Gasteiger charge is -2.15. The molecule has 25 heavy (non-hydrogen) atoms. The number of rotatable bonds is 5. The molecular weight excluding hydrogens is 318 g/mol. The summed E-state index contributed by atoms with van der Waals surface area (Å²) in [7, 11) is 0. The van der Waals surface area contributed by atoms with Crippen molar-refractivity contribution in [3.63, 3.8) is 0 Å². The fourth-order valence-electron chi connectivity index (χ4n) is 2.76. The van der Waals surface area contributed by atoms with Gasteiger partial charge in [-0.05, 0) is 44.0 Å². The number of nitrogens with zero attached hydrogens (tertiary/aromatic N) is 3. The van der Waals surface area contributed by atoms with Gasteiger partial charge in [0, 0.05) is 18.1 Å². The molecule has 2 aromatic heterocycles. The topological polar surface area (TPSA) is 84.7 Å². The highest BCUT2D eigenvalue weighted by molar-refractivity contribution is 5.76. The number of carbonyl (C=O) groups is 1. The number of aromatic amines is 1. The second kappa shape index (κ2) is 6.80. The van der Waals surface area contributed by atoms with Gasteiger partial charge in [0.2, 0.25) is 5.91 Å². The van der Waals surface area contributed by atoms with Crippen LogP contribution in [0.5, 0.6) is 0 Å². The summed E-state index contributed by atoms with van der Waals surface area (Å²) in [5.74, 6) is -0.0997. The second-order valence-corrected chi connectivity index (χ2v) is 6.17. The summed E-state index contributed by atoms with van der Waals surface area (Å²) < 4.78 is 3.22. The number of imidazole rings is 1. The first kappa shape index (κ1) is 16.8. The van der Waals surface area contributed by atoms with Crippen molar-refractivity contribution in [2.24, 2.45) is 0 Å². The van der Waals surface area contributed by atoms with Crippen LogP contribution in [0, 0.1) is 13.8 Å². The van der Waals surface area contributed by atoms with E-state index in [1.165, 1.54) is 0 Å². The van der Waals surface area contributed by atoms with Crippen LogP contribution in [-0.2, 0) is 11.3 Å². The predicted octanol–water partition coefficient (Wildman–Crippen LogP) is 1.86. The van der Waals surface area contributed by atoms with Crippen LogP contribution in [0.2, 0.25) is 0 Å². The van der Waals surface area contributed by atoms with Crippen LogP contribution >= 0.6 is 0 Å². The quantitative estimate of drug-likeness (QED) is 0.744. The molecule has 0 aliphatic heterocycles. The van der Waals surface area contributed by atoms with Gasteiger partial charge in [-0.3, -0.25) is 14.0 Å². The zero-order valence-corrected chi connectivity index (χ0v) is 14.5. The molecule has 0 aliphatic rings. The van der Waals surface area contributed by atoms with E-state index in [1.54, 1.807) is 21.6 Å². The summed E-state index contributed by atoms with van der Waals surface area (Å²) in [6, 6.07) is 7.44. The fraction of sp³-hybridized carbons (Fsp3) is 0.278. The molecule has 130 valence electrons. The normalized spacial score (nSPS) is 12.1. The smallest absolute Gasteiger partial charge is 0.330 e. The minimum Gasteiger partial charge on any atom is -0.348 e. The average Bonchev–Trinajstić information content (AvgIpc) is 3.12. The molecule has 1 atom stereocenters. The van der Waals surface area contributed by atoms with Crippen molar-refractivity contribution in [2.75, 3.05) is 0 Å². The van der Waals surface area contributed by atoms with Crippen LogP contribution in [-0.4, -0.2) is 25.2 Å². The largest absolute Gasteiger partial charge is 0.348 e. The summed E-state index contributed by atoms with van der Waals surface area (Å²) in [4.78, 5) is 26.6. The van der Waals surface area contributed by atoms with Crippen LogP contribution in [0.1, 0.15) is 29.8 Å². The van der Waals surface area contributed by atoms with Gasteiger partial charge in [0.15, 0.2) is 0 Å². The lowest BCUT2D eigenvalue weighted by atomic mass is 10.1. The van der Waals surface area contributed by atoms with Crippen LogP contribution in [0.15, 0.2) is 47.7 Å². The lowest BCUT2D eigenvalue weighted by molar-refractivity contribution is -0.122. The Morgan fingerprint density at radius 3 is 2.56 bits per heavy atom. The number of benzene rings is 1. The first-order chi connectivity index (χ1) is 11.9. The zero-order valence-electron chi connectivity index (χ0n) is 14.5. The second-order valence-electron chi connectivity index (χ2n) is 6.17. The fourth-order valence-corrected chi connectivity index (χ4v) is 2.76. The minimum absolute atomic E-state index is 0.0997. The van der Waals surface area contributed by atoms with Crippen molar-refractivity contribution in [1.29, 1.82) is 0 Å². The van der Waals surface area contributed by atoms with Crippen LogP contribution in [0.4, 0.5) is 0 Å². The monoisotopic (exact) mass is 339 g/mol.